The number of nitrogens with two attached hydrogens (primary N) is 2. The van der Waals surface area contributed by atoms with Crippen molar-refractivity contribution in [1.82, 2.24) is 0 Å². The van der Waals surface area contributed by atoms with Crippen molar-refractivity contribution >= 4 is 5.96 Å². The highest BCUT2D eigenvalue weighted by Crippen LogP contribution is 2.65. The number of rotatable bonds is 5. The quantitative estimate of drug-likeness (QED) is 0.291. The van der Waals surface area contributed by atoms with Crippen LogP contribution in [-0.2, 0) is 4.74 Å². The summed E-state index contributed by atoms with van der Waals surface area (Å²) in [5.74, 6) is 2.48. The fourth-order valence-electron chi connectivity index (χ4n) is 7.31. The van der Waals surface area contributed by atoms with Gasteiger partial charge < -0.3 is 21.3 Å². The zero-order valence-corrected chi connectivity index (χ0v) is 17.7. The lowest BCUT2D eigenvalue weighted by molar-refractivity contribution is -0.0779. The van der Waals surface area contributed by atoms with E-state index in [9.17, 15) is 5.11 Å². The molecule has 7 atom stereocenters. The van der Waals surface area contributed by atoms with E-state index in [2.05, 4.69) is 24.9 Å². The first-order valence-corrected chi connectivity index (χ1v) is 11.4. The monoisotopic (exact) mass is 389 g/mol. The van der Waals surface area contributed by atoms with E-state index in [1.165, 1.54) is 38.5 Å². The Balaban J connectivity index is 1.41. The number of allylic oxidation sites excluding steroid dienone is 1. The predicted molar refractivity (Wildman–Crippen MR) is 113 cm³/mol. The number of aliphatic imine (C=N–C) groups is 1. The molecule has 5 N–H and O–H groups in total. The largest absolute Gasteiger partial charge is 0.393 e. The van der Waals surface area contributed by atoms with Crippen LogP contribution >= 0.6 is 0 Å². The number of aliphatic hydroxyl groups is 1. The zero-order chi connectivity index (χ0) is 19.9. The summed E-state index contributed by atoms with van der Waals surface area (Å²) < 4.78 is 6.13. The maximum absolute atomic E-state index is 10.6. The van der Waals surface area contributed by atoms with E-state index in [0.717, 1.165) is 37.0 Å². The zero-order valence-electron chi connectivity index (χ0n) is 17.7. The maximum Gasteiger partial charge on any atom is 0.185 e. The van der Waals surface area contributed by atoms with Crippen LogP contribution in [0.5, 0.6) is 0 Å². The van der Waals surface area contributed by atoms with Crippen molar-refractivity contribution in [2.75, 3.05) is 13.2 Å². The van der Waals surface area contributed by atoms with Crippen LogP contribution in [0.4, 0.5) is 0 Å². The van der Waals surface area contributed by atoms with Crippen LogP contribution in [0.15, 0.2) is 16.6 Å². The van der Waals surface area contributed by atoms with E-state index >= 15 is 0 Å². The summed E-state index contributed by atoms with van der Waals surface area (Å²) in [6, 6.07) is 0. The molecule has 0 saturated heterocycles. The third kappa shape index (κ3) is 3.39. The standard InChI is InChI=1S/C23H39N3O2/c1-22-10-8-16(28-13-3-12-26-21(24)25)14-15(22)4-5-17-18-6-7-20(27)23(18,2)11-9-19(17)22/h14,16-20,27H,3-13H2,1-2H3,(H4,24,25,26)/t16-,17?,18?,19?,20-,22-,23-/m0/s1. The number of nitrogens with zero attached hydrogens (tertiary/aromatic N) is 1. The summed E-state index contributed by atoms with van der Waals surface area (Å²) in [5, 5.41) is 10.6. The van der Waals surface area contributed by atoms with Crippen LogP contribution in [0, 0.1) is 28.6 Å². The van der Waals surface area contributed by atoms with Gasteiger partial charge in [0.1, 0.15) is 0 Å². The van der Waals surface area contributed by atoms with Crippen LogP contribution in [-0.4, -0.2) is 36.4 Å². The minimum Gasteiger partial charge on any atom is -0.393 e. The minimum absolute atomic E-state index is 0.0775. The van der Waals surface area contributed by atoms with Gasteiger partial charge in [0.05, 0.1) is 12.2 Å². The van der Waals surface area contributed by atoms with Crippen LogP contribution in [0.1, 0.15) is 71.6 Å². The van der Waals surface area contributed by atoms with Crippen LogP contribution in [0.3, 0.4) is 0 Å². The summed E-state index contributed by atoms with van der Waals surface area (Å²) in [7, 11) is 0. The molecular weight excluding hydrogens is 350 g/mol. The number of fused-ring (bicyclic) bond motifs is 5. The summed E-state index contributed by atoms with van der Waals surface area (Å²) in [6.07, 6.45) is 13.1. The molecule has 0 amide bonds. The van der Waals surface area contributed by atoms with Gasteiger partial charge in [0.25, 0.3) is 0 Å². The molecule has 3 fully saturated rings. The Kier molecular flexibility index (Phi) is 5.51. The fourth-order valence-corrected chi connectivity index (χ4v) is 7.31. The molecular formula is C23H39N3O2. The molecule has 0 aromatic rings. The van der Waals surface area contributed by atoms with Gasteiger partial charge in [0.2, 0.25) is 0 Å². The first-order valence-electron chi connectivity index (χ1n) is 11.4. The molecule has 5 heteroatoms. The Hall–Kier alpha value is -1.07. The Labute approximate surface area is 170 Å². The third-order valence-electron chi connectivity index (χ3n) is 8.95. The number of hydrogen-bond donors (Lipinski definition) is 3. The lowest BCUT2D eigenvalue weighted by Gasteiger charge is -2.58. The highest BCUT2D eigenvalue weighted by atomic mass is 16.5. The topological polar surface area (TPSA) is 93.9 Å². The maximum atomic E-state index is 10.6. The van der Waals surface area contributed by atoms with Crippen molar-refractivity contribution in [2.24, 2.45) is 45.0 Å². The molecule has 0 bridgehead atoms. The van der Waals surface area contributed by atoms with Gasteiger partial charge in [0.15, 0.2) is 5.96 Å². The summed E-state index contributed by atoms with van der Waals surface area (Å²) in [4.78, 5) is 4.03. The van der Waals surface area contributed by atoms with Gasteiger partial charge in [-0.25, -0.2) is 0 Å². The lowest BCUT2D eigenvalue weighted by Crippen LogP contribution is -2.51. The molecule has 5 nitrogen and oxygen atoms in total. The Morgan fingerprint density at radius 3 is 2.75 bits per heavy atom. The van der Waals surface area contributed by atoms with E-state index in [-0.39, 0.29) is 23.6 Å². The highest BCUT2D eigenvalue weighted by molar-refractivity contribution is 5.75. The first kappa shape index (κ1) is 20.2. The SMILES string of the molecule is C[C@]12CC[C@H](OCCCN=C(N)N)C=C1CCC1C2CC[C@@]2(C)C1CC[C@@H]2O. The molecule has 28 heavy (non-hydrogen) atoms. The van der Waals surface area contributed by atoms with Crippen molar-refractivity contribution in [3.63, 3.8) is 0 Å². The van der Waals surface area contributed by atoms with E-state index in [1.54, 1.807) is 5.57 Å². The average Bonchev–Trinajstić information content (AvgIpc) is 2.96. The van der Waals surface area contributed by atoms with E-state index < -0.39 is 0 Å². The van der Waals surface area contributed by atoms with Gasteiger partial charge in [-0.15, -0.1) is 0 Å². The molecule has 0 radical (unpaired) electrons. The Morgan fingerprint density at radius 1 is 1.14 bits per heavy atom. The Morgan fingerprint density at radius 2 is 1.96 bits per heavy atom. The second-order valence-corrected chi connectivity index (χ2v) is 10.3. The molecule has 0 aromatic carbocycles. The van der Waals surface area contributed by atoms with Gasteiger partial charge >= 0.3 is 0 Å². The summed E-state index contributed by atoms with van der Waals surface area (Å²) in [6.45, 7) is 6.25. The molecule has 4 aliphatic rings. The van der Waals surface area contributed by atoms with Gasteiger partial charge in [-0.05, 0) is 86.4 Å². The van der Waals surface area contributed by atoms with Gasteiger partial charge in [-0.1, -0.05) is 25.5 Å². The second-order valence-electron chi connectivity index (χ2n) is 10.3. The molecule has 0 spiro atoms. The highest BCUT2D eigenvalue weighted by Gasteiger charge is 2.58. The number of ether oxygens (including phenoxy) is 1. The van der Waals surface area contributed by atoms with Crippen molar-refractivity contribution in [1.29, 1.82) is 0 Å². The fraction of sp³-hybridized carbons (Fsp3) is 0.870. The number of aliphatic hydroxyl groups excluding tert-OH is 1. The first-order chi connectivity index (χ1) is 13.3. The molecule has 0 aliphatic heterocycles. The van der Waals surface area contributed by atoms with Gasteiger partial charge in [-0.3, -0.25) is 4.99 Å². The average molecular weight is 390 g/mol. The van der Waals surface area contributed by atoms with E-state index in [4.69, 9.17) is 16.2 Å². The predicted octanol–water partition coefficient (Wildman–Crippen LogP) is 3.36. The van der Waals surface area contributed by atoms with E-state index in [1.807, 2.05) is 0 Å². The molecule has 0 aromatic heterocycles. The van der Waals surface area contributed by atoms with Crippen LogP contribution in [0.2, 0.25) is 0 Å². The van der Waals surface area contributed by atoms with Crippen LogP contribution < -0.4 is 11.5 Å². The molecule has 4 rings (SSSR count). The molecule has 0 heterocycles. The summed E-state index contributed by atoms with van der Waals surface area (Å²) in [5.41, 5.74) is 12.9. The molecule has 3 saturated carbocycles. The lowest BCUT2D eigenvalue weighted by atomic mass is 9.47. The van der Waals surface area contributed by atoms with Gasteiger partial charge in [-0.2, -0.15) is 0 Å². The summed E-state index contributed by atoms with van der Waals surface area (Å²) >= 11 is 0. The van der Waals surface area contributed by atoms with E-state index in [0.29, 0.717) is 18.6 Å². The third-order valence-corrected chi connectivity index (χ3v) is 8.95. The normalized spacial score (nSPS) is 44.8. The van der Waals surface area contributed by atoms with Crippen molar-refractivity contribution < 1.29 is 9.84 Å². The van der Waals surface area contributed by atoms with Gasteiger partial charge in [0, 0.05) is 13.2 Å². The molecule has 4 aliphatic carbocycles. The Bertz CT molecular complexity index is 644. The van der Waals surface area contributed by atoms with Crippen molar-refractivity contribution in [3.8, 4) is 0 Å². The number of hydrogen-bond acceptors (Lipinski definition) is 3. The van der Waals surface area contributed by atoms with Crippen molar-refractivity contribution in [2.45, 2.75) is 83.8 Å². The molecule has 3 unspecified atom stereocenters. The second kappa shape index (κ2) is 7.64. The minimum atomic E-state index is -0.0775. The van der Waals surface area contributed by atoms with Crippen molar-refractivity contribution in [3.05, 3.63) is 11.6 Å². The van der Waals surface area contributed by atoms with Crippen LogP contribution in [0.25, 0.3) is 0 Å². The smallest absolute Gasteiger partial charge is 0.185 e. The number of guanidine groups is 1. The molecule has 158 valence electrons.